The summed E-state index contributed by atoms with van der Waals surface area (Å²) in [6.07, 6.45) is 5.36. The van der Waals surface area contributed by atoms with Gasteiger partial charge in [0.2, 0.25) is 0 Å². The third-order valence-corrected chi connectivity index (χ3v) is 5.84. The van der Waals surface area contributed by atoms with Crippen molar-refractivity contribution in [3.63, 3.8) is 0 Å². The molecule has 4 nitrogen and oxygen atoms in total. The van der Waals surface area contributed by atoms with Crippen LogP contribution < -0.4 is 10.6 Å². The zero-order chi connectivity index (χ0) is 17.0. The maximum Gasteiger partial charge on any atom is 0.191 e. The van der Waals surface area contributed by atoms with Gasteiger partial charge in [0, 0.05) is 35.1 Å². The van der Waals surface area contributed by atoms with Crippen molar-refractivity contribution in [3.8, 4) is 0 Å². The van der Waals surface area contributed by atoms with Crippen LogP contribution in [0.5, 0.6) is 0 Å². The lowest BCUT2D eigenvalue weighted by Gasteiger charge is -2.19. The maximum atomic E-state index is 6.14. The molecule has 2 N–H and O–H groups in total. The summed E-state index contributed by atoms with van der Waals surface area (Å²) in [6, 6.07) is 8.19. The largest absolute Gasteiger partial charge is 0.356 e. The van der Waals surface area contributed by atoms with Crippen molar-refractivity contribution >= 4 is 28.9 Å². The summed E-state index contributed by atoms with van der Waals surface area (Å²) in [5.41, 5.74) is 1.50. The fourth-order valence-electron chi connectivity index (χ4n) is 2.76. The molecule has 0 unspecified atom stereocenters. The van der Waals surface area contributed by atoms with Crippen LogP contribution in [0.25, 0.3) is 0 Å². The summed E-state index contributed by atoms with van der Waals surface area (Å²) in [5.74, 6) is 0.816. The van der Waals surface area contributed by atoms with Crippen molar-refractivity contribution in [1.82, 2.24) is 15.6 Å². The van der Waals surface area contributed by atoms with Crippen LogP contribution in [0.15, 0.2) is 35.5 Å². The number of aromatic nitrogens is 1. The van der Waals surface area contributed by atoms with Gasteiger partial charge in [0.1, 0.15) is 5.01 Å². The van der Waals surface area contributed by atoms with Crippen LogP contribution in [0, 0.1) is 0 Å². The highest BCUT2D eigenvalue weighted by Crippen LogP contribution is 2.48. The molecule has 128 valence electrons. The van der Waals surface area contributed by atoms with E-state index in [9.17, 15) is 0 Å². The van der Waals surface area contributed by atoms with Gasteiger partial charge in [0.25, 0.3) is 0 Å². The predicted octanol–water partition coefficient (Wildman–Crippen LogP) is 3.76. The Balaban J connectivity index is 1.54. The van der Waals surface area contributed by atoms with Crippen molar-refractivity contribution in [1.29, 1.82) is 0 Å². The minimum atomic E-state index is 0.194. The monoisotopic (exact) mass is 362 g/mol. The number of aliphatic imine (C=N–C) groups is 1. The van der Waals surface area contributed by atoms with E-state index in [-0.39, 0.29) is 5.41 Å². The van der Waals surface area contributed by atoms with Gasteiger partial charge in [-0.3, -0.25) is 4.99 Å². The number of hydrogen-bond donors (Lipinski definition) is 2. The van der Waals surface area contributed by atoms with E-state index < -0.39 is 0 Å². The fourth-order valence-corrected chi connectivity index (χ4v) is 3.76. The van der Waals surface area contributed by atoms with Crippen LogP contribution in [0.1, 0.15) is 35.2 Å². The first-order valence-corrected chi connectivity index (χ1v) is 9.49. The lowest BCUT2D eigenvalue weighted by Crippen LogP contribution is -2.40. The van der Waals surface area contributed by atoms with E-state index in [4.69, 9.17) is 11.6 Å². The molecule has 1 fully saturated rings. The van der Waals surface area contributed by atoms with Gasteiger partial charge in [-0.05, 0) is 37.0 Å². The number of halogens is 1. The molecule has 1 aromatic carbocycles. The second kappa shape index (κ2) is 7.53. The number of hydrogen-bond acceptors (Lipinski definition) is 3. The number of guanidine groups is 1. The second-order valence-electron chi connectivity index (χ2n) is 6.14. The third-order valence-electron chi connectivity index (χ3n) is 4.47. The van der Waals surface area contributed by atoms with Gasteiger partial charge in [-0.2, -0.15) is 0 Å². The smallest absolute Gasteiger partial charge is 0.191 e. The molecule has 6 heteroatoms. The van der Waals surface area contributed by atoms with Crippen LogP contribution >= 0.6 is 22.9 Å². The highest BCUT2D eigenvalue weighted by Gasteiger charge is 2.44. The van der Waals surface area contributed by atoms with Gasteiger partial charge >= 0.3 is 0 Å². The average Bonchev–Trinajstić information content (AvgIpc) is 3.25. The van der Waals surface area contributed by atoms with E-state index >= 15 is 0 Å². The lowest BCUT2D eigenvalue weighted by molar-refractivity contribution is 0.645. The number of nitrogens with zero attached hydrogens (tertiary/aromatic N) is 2. The van der Waals surface area contributed by atoms with Gasteiger partial charge in [-0.15, -0.1) is 11.3 Å². The van der Waals surface area contributed by atoms with Crippen LogP contribution in [-0.4, -0.2) is 24.5 Å². The topological polar surface area (TPSA) is 49.3 Å². The highest BCUT2D eigenvalue weighted by atomic mass is 35.5. The van der Waals surface area contributed by atoms with Crippen molar-refractivity contribution < 1.29 is 0 Å². The molecule has 1 saturated carbocycles. The van der Waals surface area contributed by atoms with E-state index in [1.807, 2.05) is 18.3 Å². The number of aryl methyl sites for hydroxylation is 1. The molecule has 0 atom stereocenters. The van der Waals surface area contributed by atoms with Crippen LogP contribution in [0.3, 0.4) is 0 Å². The van der Waals surface area contributed by atoms with Gasteiger partial charge in [0.05, 0.1) is 6.54 Å². The Hall–Kier alpha value is -1.59. The van der Waals surface area contributed by atoms with Gasteiger partial charge in [-0.25, -0.2) is 4.98 Å². The SMILES string of the molecule is CCc1cnc(CNC(=NC)NCC2(c3cccc(Cl)c3)CC2)s1. The molecule has 2 aromatic rings. The second-order valence-corrected chi connectivity index (χ2v) is 7.78. The normalized spacial score (nSPS) is 16.0. The van der Waals surface area contributed by atoms with Gasteiger partial charge in [0.15, 0.2) is 5.96 Å². The number of rotatable bonds is 6. The number of nitrogens with one attached hydrogen (secondary N) is 2. The molecule has 0 amide bonds. The van der Waals surface area contributed by atoms with Crippen LogP contribution in [-0.2, 0) is 18.4 Å². The first-order valence-electron chi connectivity index (χ1n) is 8.29. The molecule has 0 spiro atoms. The number of benzene rings is 1. The van der Waals surface area contributed by atoms with Gasteiger partial charge in [-0.1, -0.05) is 30.7 Å². The zero-order valence-electron chi connectivity index (χ0n) is 14.1. The summed E-state index contributed by atoms with van der Waals surface area (Å²) in [7, 11) is 1.80. The summed E-state index contributed by atoms with van der Waals surface area (Å²) in [6.45, 7) is 3.72. The van der Waals surface area contributed by atoms with E-state index in [0.717, 1.165) is 29.0 Å². The average molecular weight is 363 g/mol. The van der Waals surface area contributed by atoms with E-state index in [1.165, 1.54) is 23.3 Å². The molecule has 1 aliphatic rings. The fraction of sp³-hybridized carbons (Fsp3) is 0.444. The van der Waals surface area contributed by atoms with Crippen molar-refractivity contribution in [2.24, 2.45) is 4.99 Å². The number of thiazole rings is 1. The summed E-state index contributed by atoms with van der Waals surface area (Å²) < 4.78 is 0. The molecular weight excluding hydrogens is 340 g/mol. The molecule has 1 aliphatic carbocycles. The predicted molar refractivity (Wildman–Crippen MR) is 102 cm³/mol. The Bertz CT molecular complexity index is 721. The van der Waals surface area contributed by atoms with E-state index in [2.05, 4.69) is 39.7 Å². The Labute approximate surface area is 152 Å². The Morgan fingerprint density at radius 1 is 1.38 bits per heavy atom. The van der Waals surface area contributed by atoms with E-state index in [0.29, 0.717) is 6.54 Å². The van der Waals surface area contributed by atoms with Crippen molar-refractivity contribution in [2.45, 2.75) is 38.1 Å². The van der Waals surface area contributed by atoms with Crippen LogP contribution in [0.2, 0.25) is 5.02 Å². The molecule has 1 aromatic heterocycles. The van der Waals surface area contributed by atoms with Crippen LogP contribution in [0.4, 0.5) is 0 Å². The first-order chi connectivity index (χ1) is 11.6. The minimum absolute atomic E-state index is 0.194. The Morgan fingerprint density at radius 2 is 2.21 bits per heavy atom. The quantitative estimate of drug-likeness (QED) is 0.607. The van der Waals surface area contributed by atoms with Crippen molar-refractivity contribution in [3.05, 3.63) is 50.9 Å². The van der Waals surface area contributed by atoms with E-state index in [1.54, 1.807) is 18.4 Å². The van der Waals surface area contributed by atoms with Crippen molar-refractivity contribution in [2.75, 3.05) is 13.6 Å². The van der Waals surface area contributed by atoms with Gasteiger partial charge < -0.3 is 10.6 Å². The lowest BCUT2D eigenvalue weighted by atomic mass is 9.96. The molecular formula is C18H23ClN4S. The molecule has 1 heterocycles. The zero-order valence-corrected chi connectivity index (χ0v) is 15.7. The standard InChI is InChI=1S/C18H23ClN4S/c1-3-15-10-21-16(24-15)11-22-17(20-2)23-12-18(7-8-18)13-5-4-6-14(19)9-13/h4-6,9-10H,3,7-8,11-12H2,1-2H3,(H2,20,22,23). The highest BCUT2D eigenvalue weighted by molar-refractivity contribution is 7.11. The molecule has 24 heavy (non-hydrogen) atoms. The maximum absolute atomic E-state index is 6.14. The summed E-state index contributed by atoms with van der Waals surface area (Å²) >= 11 is 7.89. The molecule has 0 bridgehead atoms. The minimum Gasteiger partial charge on any atom is -0.356 e. The molecule has 0 radical (unpaired) electrons. The Kier molecular flexibility index (Phi) is 5.41. The third kappa shape index (κ3) is 4.08. The molecule has 0 saturated heterocycles. The first kappa shape index (κ1) is 17.2. The summed E-state index contributed by atoms with van der Waals surface area (Å²) in [4.78, 5) is 10.1. The molecule has 0 aliphatic heterocycles. The summed E-state index contributed by atoms with van der Waals surface area (Å²) in [5, 5.41) is 8.69. The Morgan fingerprint density at radius 3 is 2.83 bits per heavy atom. The molecule has 3 rings (SSSR count).